The van der Waals surface area contributed by atoms with Gasteiger partial charge in [0.25, 0.3) is 0 Å². The third-order valence-corrected chi connectivity index (χ3v) is 4.12. The predicted molar refractivity (Wildman–Crippen MR) is 83.3 cm³/mol. The highest BCUT2D eigenvalue weighted by molar-refractivity contribution is 5.75. The maximum absolute atomic E-state index is 12.7. The van der Waals surface area contributed by atoms with Gasteiger partial charge in [0.2, 0.25) is 0 Å². The number of carbonyl (C=O) groups excluding carboxylic acids is 1. The minimum Gasteiger partial charge on any atom is -0.481 e. The molecule has 0 aromatic heterocycles. The van der Waals surface area contributed by atoms with Gasteiger partial charge in [-0.25, -0.2) is 4.79 Å². The second-order valence-corrected chi connectivity index (χ2v) is 6.33. The topological polar surface area (TPSA) is 60.9 Å². The van der Waals surface area contributed by atoms with Crippen LogP contribution in [0, 0.1) is 5.92 Å². The lowest BCUT2D eigenvalue weighted by Crippen LogP contribution is -2.50. The van der Waals surface area contributed by atoms with E-state index in [1.54, 1.807) is 0 Å². The molecule has 122 valence electrons. The maximum Gasteiger partial charge on any atom is 0.320 e. The van der Waals surface area contributed by atoms with Gasteiger partial charge in [-0.05, 0) is 39.0 Å². The third kappa shape index (κ3) is 5.94. The largest absolute Gasteiger partial charge is 0.481 e. The summed E-state index contributed by atoms with van der Waals surface area (Å²) in [5.41, 5.74) is 0. The van der Waals surface area contributed by atoms with E-state index >= 15 is 0 Å². The monoisotopic (exact) mass is 298 g/mol. The van der Waals surface area contributed by atoms with Crippen LogP contribution in [0.15, 0.2) is 0 Å². The smallest absolute Gasteiger partial charge is 0.320 e. The number of hydrogen-bond donors (Lipinski definition) is 1. The van der Waals surface area contributed by atoms with Crippen molar-refractivity contribution in [1.82, 2.24) is 9.80 Å². The Balaban J connectivity index is 2.58. The Hall–Kier alpha value is -1.26. The standard InChI is InChI=1S/C16H30N2O3/c1-4-5-6-10-18(13(2)3)16(21)17-9-7-8-14(12-17)11-15(19)20/h13-14H,4-12H2,1-3H3,(H,19,20). The van der Waals surface area contributed by atoms with Crippen molar-refractivity contribution in [2.45, 2.75) is 65.3 Å². The van der Waals surface area contributed by atoms with Gasteiger partial charge in [0, 0.05) is 32.1 Å². The third-order valence-electron chi connectivity index (χ3n) is 4.12. The molecule has 1 unspecified atom stereocenters. The number of aliphatic carboxylic acids is 1. The fourth-order valence-electron chi connectivity index (χ4n) is 2.94. The number of carbonyl (C=O) groups is 2. The van der Waals surface area contributed by atoms with Gasteiger partial charge in [-0.3, -0.25) is 4.79 Å². The predicted octanol–water partition coefficient (Wildman–Crippen LogP) is 3.19. The average Bonchev–Trinajstić information content (AvgIpc) is 2.42. The lowest BCUT2D eigenvalue weighted by atomic mass is 9.95. The first-order chi connectivity index (χ1) is 9.95. The van der Waals surface area contributed by atoms with Crippen molar-refractivity contribution < 1.29 is 14.7 Å². The number of unbranched alkanes of at least 4 members (excludes halogenated alkanes) is 2. The van der Waals surface area contributed by atoms with Crippen molar-refractivity contribution in [2.24, 2.45) is 5.92 Å². The van der Waals surface area contributed by atoms with Crippen molar-refractivity contribution in [3.05, 3.63) is 0 Å². The van der Waals surface area contributed by atoms with Gasteiger partial charge in [0.1, 0.15) is 0 Å². The number of likely N-dealkylation sites (tertiary alicyclic amines) is 1. The quantitative estimate of drug-likeness (QED) is 0.734. The SMILES string of the molecule is CCCCCN(C(=O)N1CCCC(CC(=O)O)C1)C(C)C. The number of amides is 2. The van der Waals surface area contributed by atoms with Crippen LogP contribution in [0.3, 0.4) is 0 Å². The Morgan fingerprint density at radius 3 is 2.62 bits per heavy atom. The van der Waals surface area contributed by atoms with Crippen LogP contribution < -0.4 is 0 Å². The van der Waals surface area contributed by atoms with E-state index in [-0.39, 0.29) is 24.4 Å². The van der Waals surface area contributed by atoms with Crippen LogP contribution >= 0.6 is 0 Å². The van der Waals surface area contributed by atoms with Gasteiger partial charge in [0.05, 0.1) is 0 Å². The van der Waals surface area contributed by atoms with Gasteiger partial charge in [-0.1, -0.05) is 19.8 Å². The summed E-state index contributed by atoms with van der Waals surface area (Å²) >= 11 is 0. The maximum atomic E-state index is 12.7. The van der Waals surface area contributed by atoms with Crippen LogP contribution in [-0.2, 0) is 4.79 Å². The fraction of sp³-hybridized carbons (Fsp3) is 0.875. The van der Waals surface area contributed by atoms with Crippen LogP contribution in [-0.4, -0.2) is 52.6 Å². The Morgan fingerprint density at radius 2 is 2.05 bits per heavy atom. The van der Waals surface area contributed by atoms with E-state index in [4.69, 9.17) is 5.11 Å². The molecule has 1 fully saturated rings. The molecule has 2 amide bonds. The molecule has 0 aromatic rings. The molecule has 1 aliphatic heterocycles. The number of nitrogens with zero attached hydrogens (tertiary/aromatic N) is 2. The average molecular weight is 298 g/mol. The molecule has 5 heteroatoms. The molecule has 0 aromatic carbocycles. The number of piperidine rings is 1. The van der Waals surface area contributed by atoms with E-state index in [1.165, 1.54) is 0 Å². The molecular formula is C16H30N2O3. The molecule has 1 N–H and O–H groups in total. The summed E-state index contributed by atoms with van der Waals surface area (Å²) < 4.78 is 0. The first kappa shape index (κ1) is 17.8. The molecule has 5 nitrogen and oxygen atoms in total. The molecule has 0 spiro atoms. The highest BCUT2D eigenvalue weighted by atomic mass is 16.4. The molecule has 1 aliphatic rings. The van der Waals surface area contributed by atoms with Crippen LogP contribution in [0.5, 0.6) is 0 Å². The Labute approximate surface area is 128 Å². The second-order valence-electron chi connectivity index (χ2n) is 6.33. The van der Waals surface area contributed by atoms with E-state index in [2.05, 4.69) is 6.92 Å². The van der Waals surface area contributed by atoms with Crippen LogP contribution in [0.4, 0.5) is 4.79 Å². The minimum atomic E-state index is -0.766. The molecule has 0 radical (unpaired) electrons. The van der Waals surface area contributed by atoms with Crippen LogP contribution in [0.2, 0.25) is 0 Å². The van der Waals surface area contributed by atoms with Crippen molar-refractivity contribution >= 4 is 12.0 Å². The molecule has 21 heavy (non-hydrogen) atoms. The molecule has 1 heterocycles. The second kappa shape index (κ2) is 8.90. The summed E-state index contributed by atoms with van der Waals surface area (Å²) in [6.45, 7) is 8.38. The minimum absolute atomic E-state index is 0.0798. The van der Waals surface area contributed by atoms with E-state index in [0.29, 0.717) is 6.54 Å². The van der Waals surface area contributed by atoms with Gasteiger partial charge in [-0.2, -0.15) is 0 Å². The molecule has 1 atom stereocenters. The molecule has 0 bridgehead atoms. The van der Waals surface area contributed by atoms with Crippen molar-refractivity contribution in [3.8, 4) is 0 Å². The van der Waals surface area contributed by atoms with Gasteiger partial charge >= 0.3 is 12.0 Å². The number of rotatable bonds is 7. The summed E-state index contributed by atoms with van der Waals surface area (Å²) in [6.07, 6.45) is 5.30. The summed E-state index contributed by atoms with van der Waals surface area (Å²) in [4.78, 5) is 27.3. The van der Waals surface area contributed by atoms with Crippen LogP contribution in [0.1, 0.15) is 59.3 Å². The zero-order valence-electron chi connectivity index (χ0n) is 13.7. The van der Waals surface area contributed by atoms with Crippen molar-refractivity contribution in [3.63, 3.8) is 0 Å². The number of hydrogen-bond acceptors (Lipinski definition) is 2. The first-order valence-electron chi connectivity index (χ1n) is 8.23. The van der Waals surface area contributed by atoms with E-state index in [1.807, 2.05) is 23.6 Å². The number of carboxylic acids is 1. The number of carboxylic acid groups (broad SMARTS) is 1. The van der Waals surface area contributed by atoms with Crippen LogP contribution in [0.25, 0.3) is 0 Å². The van der Waals surface area contributed by atoms with Gasteiger partial charge < -0.3 is 14.9 Å². The highest BCUT2D eigenvalue weighted by Crippen LogP contribution is 2.21. The molecular weight excluding hydrogens is 268 g/mol. The number of urea groups is 1. The molecule has 0 saturated carbocycles. The van der Waals surface area contributed by atoms with E-state index in [9.17, 15) is 9.59 Å². The summed E-state index contributed by atoms with van der Waals surface area (Å²) in [5.74, 6) is -0.664. The Morgan fingerprint density at radius 1 is 1.33 bits per heavy atom. The van der Waals surface area contributed by atoms with E-state index in [0.717, 1.165) is 45.2 Å². The molecule has 1 saturated heterocycles. The summed E-state index contributed by atoms with van der Waals surface area (Å²) in [6, 6.07) is 0.269. The Kier molecular flexibility index (Phi) is 7.54. The zero-order chi connectivity index (χ0) is 15.8. The fourth-order valence-corrected chi connectivity index (χ4v) is 2.94. The highest BCUT2D eigenvalue weighted by Gasteiger charge is 2.28. The lowest BCUT2D eigenvalue weighted by molar-refractivity contribution is -0.138. The van der Waals surface area contributed by atoms with Gasteiger partial charge in [-0.15, -0.1) is 0 Å². The Bertz CT molecular complexity index is 344. The lowest BCUT2D eigenvalue weighted by Gasteiger charge is -2.37. The van der Waals surface area contributed by atoms with Gasteiger partial charge in [0.15, 0.2) is 0 Å². The van der Waals surface area contributed by atoms with Crippen molar-refractivity contribution in [1.29, 1.82) is 0 Å². The van der Waals surface area contributed by atoms with Crippen molar-refractivity contribution in [2.75, 3.05) is 19.6 Å². The zero-order valence-corrected chi connectivity index (χ0v) is 13.7. The summed E-state index contributed by atoms with van der Waals surface area (Å²) in [7, 11) is 0. The van der Waals surface area contributed by atoms with E-state index < -0.39 is 5.97 Å². The summed E-state index contributed by atoms with van der Waals surface area (Å²) in [5, 5.41) is 8.92. The molecule has 0 aliphatic carbocycles. The first-order valence-corrected chi connectivity index (χ1v) is 8.23. The molecule has 1 rings (SSSR count). The normalized spacial score (nSPS) is 18.9.